The lowest BCUT2D eigenvalue weighted by atomic mass is 10.1. The lowest BCUT2D eigenvalue weighted by molar-refractivity contribution is 0.291. The van der Waals surface area contributed by atoms with Crippen LogP contribution in [0.25, 0.3) is 0 Å². The van der Waals surface area contributed by atoms with E-state index < -0.39 is 0 Å². The second-order valence-electron chi connectivity index (χ2n) is 4.20. The first kappa shape index (κ1) is 12.6. The SMILES string of the molecule is CCC(N)c1ccc(OCCn2cccn2)cc1. The highest BCUT2D eigenvalue weighted by molar-refractivity contribution is 5.28. The van der Waals surface area contributed by atoms with E-state index in [9.17, 15) is 0 Å². The molecule has 1 heterocycles. The van der Waals surface area contributed by atoms with Crippen molar-refractivity contribution in [3.8, 4) is 5.75 Å². The molecule has 0 fully saturated rings. The molecule has 0 saturated carbocycles. The van der Waals surface area contributed by atoms with E-state index in [1.165, 1.54) is 0 Å². The van der Waals surface area contributed by atoms with Gasteiger partial charge in [-0.2, -0.15) is 5.10 Å². The van der Waals surface area contributed by atoms with Crippen LogP contribution in [-0.2, 0) is 6.54 Å². The number of rotatable bonds is 6. The molecule has 0 saturated heterocycles. The number of hydrogen-bond donors (Lipinski definition) is 1. The van der Waals surface area contributed by atoms with Crippen LogP contribution in [0.3, 0.4) is 0 Å². The number of hydrogen-bond acceptors (Lipinski definition) is 3. The van der Waals surface area contributed by atoms with Gasteiger partial charge in [-0.1, -0.05) is 19.1 Å². The number of aromatic nitrogens is 2. The van der Waals surface area contributed by atoms with E-state index in [0.717, 1.165) is 24.3 Å². The molecule has 0 bridgehead atoms. The second-order valence-corrected chi connectivity index (χ2v) is 4.20. The highest BCUT2D eigenvalue weighted by Gasteiger charge is 2.02. The van der Waals surface area contributed by atoms with Gasteiger partial charge in [0.05, 0.1) is 6.54 Å². The van der Waals surface area contributed by atoms with E-state index in [-0.39, 0.29) is 6.04 Å². The summed E-state index contributed by atoms with van der Waals surface area (Å²) in [5.74, 6) is 0.870. The van der Waals surface area contributed by atoms with E-state index in [4.69, 9.17) is 10.5 Å². The van der Waals surface area contributed by atoms with Crippen molar-refractivity contribution in [2.24, 2.45) is 5.73 Å². The Morgan fingerprint density at radius 1 is 1.33 bits per heavy atom. The molecule has 0 aliphatic heterocycles. The standard InChI is InChI=1S/C14H19N3O/c1-2-14(15)12-4-6-13(7-5-12)18-11-10-17-9-3-8-16-17/h3-9,14H,2,10-11,15H2,1H3. The Bertz CT molecular complexity index is 450. The molecule has 18 heavy (non-hydrogen) atoms. The van der Waals surface area contributed by atoms with Crippen molar-refractivity contribution in [3.05, 3.63) is 48.3 Å². The highest BCUT2D eigenvalue weighted by atomic mass is 16.5. The Hall–Kier alpha value is -1.81. The van der Waals surface area contributed by atoms with Crippen molar-refractivity contribution in [3.63, 3.8) is 0 Å². The Balaban J connectivity index is 1.83. The van der Waals surface area contributed by atoms with Gasteiger partial charge in [-0.25, -0.2) is 0 Å². The molecule has 96 valence electrons. The molecule has 0 spiro atoms. The zero-order chi connectivity index (χ0) is 12.8. The van der Waals surface area contributed by atoms with E-state index in [2.05, 4.69) is 12.0 Å². The van der Waals surface area contributed by atoms with E-state index in [1.54, 1.807) is 6.20 Å². The van der Waals surface area contributed by atoms with Gasteiger partial charge < -0.3 is 10.5 Å². The maximum atomic E-state index is 5.96. The first-order valence-electron chi connectivity index (χ1n) is 6.25. The lowest BCUT2D eigenvalue weighted by Crippen LogP contribution is -2.09. The van der Waals surface area contributed by atoms with E-state index in [0.29, 0.717) is 6.61 Å². The number of nitrogens with two attached hydrogens (primary N) is 1. The first-order chi connectivity index (χ1) is 8.79. The van der Waals surface area contributed by atoms with Crippen LogP contribution in [-0.4, -0.2) is 16.4 Å². The van der Waals surface area contributed by atoms with Crippen LogP contribution in [0.4, 0.5) is 0 Å². The molecule has 1 aromatic carbocycles. The third-order valence-corrected chi connectivity index (χ3v) is 2.90. The van der Waals surface area contributed by atoms with Gasteiger partial charge in [-0.15, -0.1) is 0 Å². The van der Waals surface area contributed by atoms with Crippen LogP contribution < -0.4 is 10.5 Å². The monoisotopic (exact) mass is 245 g/mol. The van der Waals surface area contributed by atoms with Crippen molar-refractivity contribution in [1.29, 1.82) is 0 Å². The van der Waals surface area contributed by atoms with Crippen molar-refractivity contribution in [2.75, 3.05) is 6.61 Å². The molecule has 2 rings (SSSR count). The van der Waals surface area contributed by atoms with Gasteiger partial charge in [0.15, 0.2) is 0 Å². The topological polar surface area (TPSA) is 53.1 Å². The first-order valence-corrected chi connectivity index (χ1v) is 6.25. The van der Waals surface area contributed by atoms with Gasteiger partial charge >= 0.3 is 0 Å². The molecular weight excluding hydrogens is 226 g/mol. The summed E-state index contributed by atoms with van der Waals surface area (Å²) in [5.41, 5.74) is 7.11. The number of benzene rings is 1. The molecule has 2 aromatic rings. The maximum absolute atomic E-state index is 5.96. The Labute approximate surface area is 107 Å². The van der Waals surface area contributed by atoms with Gasteiger partial charge in [0.1, 0.15) is 12.4 Å². The molecule has 4 nitrogen and oxygen atoms in total. The molecule has 1 atom stereocenters. The summed E-state index contributed by atoms with van der Waals surface area (Å²) in [6.45, 7) is 3.45. The van der Waals surface area contributed by atoms with Crippen LogP contribution >= 0.6 is 0 Å². The molecule has 4 heteroatoms. The van der Waals surface area contributed by atoms with Gasteiger partial charge in [0.2, 0.25) is 0 Å². The maximum Gasteiger partial charge on any atom is 0.119 e. The third-order valence-electron chi connectivity index (χ3n) is 2.90. The summed E-state index contributed by atoms with van der Waals surface area (Å²) < 4.78 is 7.49. The highest BCUT2D eigenvalue weighted by Crippen LogP contribution is 2.18. The summed E-state index contributed by atoms with van der Waals surface area (Å²) in [6, 6.07) is 10.0. The summed E-state index contributed by atoms with van der Waals surface area (Å²) >= 11 is 0. The predicted octanol–water partition coefficient (Wildman–Crippen LogP) is 2.37. The van der Waals surface area contributed by atoms with Gasteiger partial charge in [-0.05, 0) is 30.2 Å². The summed E-state index contributed by atoms with van der Waals surface area (Å²) in [5, 5.41) is 4.12. The van der Waals surface area contributed by atoms with Gasteiger partial charge in [-0.3, -0.25) is 4.68 Å². The molecule has 0 aliphatic carbocycles. The smallest absolute Gasteiger partial charge is 0.119 e. The molecule has 2 N–H and O–H groups in total. The minimum atomic E-state index is 0.114. The fourth-order valence-corrected chi connectivity index (χ4v) is 1.74. The minimum Gasteiger partial charge on any atom is -0.492 e. The molecule has 0 amide bonds. The van der Waals surface area contributed by atoms with Crippen LogP contribution in [0.2, 0.25) is 0 Å². The molecule has 1 aromatic heterocycles. The fraction of sp³-hybridized carbons (Fsp3) is 0.357. The van der Waals surface area contributed by atoms with Gasteiger partial charge in [0.25, 0.3) is 0 Å². The molecule has 0 radical (unpaired) electrons. The fourth-order valence-electron chi connectivity index (χ4n) is 1.74. The summed E-state index contributed by atoms with van der Waals surface area (Å²) in [7, 11) is 0. The normalized spacial score (nSPS) is 12.3. The summed E-state index contributed by atoms with van der Waals surface area (Å²) in [6.07, 6.45) is 4.63. The number of ether oxygens (including phenoxy) is 1. The Kier molecular flexibility index (Phi) is 4.36. The average Bonchev–Trinajstić information content (AvgIpc) is 2.92. The van der Waals surface area contributed by atoms with Crippen molar-refractivity contribution >= 4 is 0 Å². The second kappa shape index (κ2) is 6.21. The predicted molar refractivity (Wildman–Crippen MR) is 71.4 cm³/mol. The largest absolute Gasteiger partial charge is 0.492 e. The third kappa shape index (κ3) is 3.34. The Morgan fingerprint density at radius 2 is 2.11 bits per heavy atom. The van der Waals surface area contributed by atoms with Crippen molar-refractivity contribution in [1.82, 2.24) is 9.78 Å². The summed E-state index contributed by atoms with van der Waals surface area (Å²) in [4.78, 5) is 0. The van der Waals surface area contributed by atoms with Crippen LogP contribution in [0.1, 0.15) is 24.9 Å². The zero-order valence-corrected chi connectivity index (χ0v) is 10.6. The molecule has 0 aliphatic rings. The zero-order valence-electron chi connectivity index (χ0n) is 10.6. The quantitative estimate of drug-likeness (QED) is 0.850. The lowest BCUT2D eigenvalue weighted by Gasteiger charge is -2.10. The van der Waals surface area contributed by atoms with Crippen molar-refractivity contribution < 1.29 is 4.74 Å². The van der Waals surface area contributed by atoms with Crippen molar-refractivity contribution in [2.45, 2.75) is 25.9 Å². The molecular formula is C14H19N3O. The van der Waals surface area contributed by atoms with Crippen LogP contribution in [0.15, 0.2) is 42.7 Å². The van der Waals surface area contributed by atoms with Crippen LogP contribution in [0.5, 0.6) is 5.75 Å². The van der Waals surface area contributed by atoms with Gasteiger partial charge in [0, 0.05) is 18.4 Å². The Morgan fingerprint density at radius 3 is 2.72 bits per heavy atom. The number of nitrogens with zero attached hydrogens (tertiary/aromatic N) is 2. The van der Waals surface area contributed by atoms with E-state index >= 15 is 0 Å². The van der Waals surface area contributed by atoms with Crippen LogP contribution in [0, 0.1) is 0 Å². The molecule has 1 unspecified atom stereocenters. The minimum absolute atomic E-state index is 0.114. The average molecular weight is 245 g/mol. The van der Waals surface area contributed by atoms with E-state index in [1.807, 2.05) is 41.2 Å².